The van der Waals surface area contributed by atoms with Crippen molar-refractivity contribution < 1.29 is 9.53 Å². The predicted molar refractivity (Wildman–Crippen MR) is 76.3 cm³/mol. The second kappa shape index (κ2) is 6.29. The molecule has 19 heavy (non-hydrogen) atoms. The first-order chi connectivity index (χ1) is 9.19. The summed E-state index contributed by atoms with van der Waals surface area (Å²) in [4.78, 5) is 15.0. The second-order valence-corrected chi connectivity index (χ2v) is 5.07. The van der Waals surface area contributed by atoms with Crippen LogP contribution in [-0.4, -0.2) is 30.3 Å². The van der Waals surface area contributed by atoms with Crippen LogP contribution in [0.1, 0.15) is 18.4 Å². The van der Waals surface area contributed by atoms with Crippen LogP contribution in [0.25, 0.3) is 10.2 Å². The Morgan fingerprint density at radius 3 is 3.16 bits per heavy atom. The molecule has 6 heteroatoms. The number of nitrogens with one attached hydrogen (secondary N) is 2. The molecule has 0 saturated heterocycles. The highest BCUT2D eigenvalue weighted by Gasteiger charge is 2.03. The third-order valence-electron chi connectivity index (χ3n) is 2.46. The van der Waals surface area contributed by atoms with E-state index < -0.39 is 0 Å². The van der Waals surface area contributed by atoms with Crippen LogP contribution >= 0.6 is 11.3 Å². The predicted octanol–water partition coefficient (Wildman–Crippen LogP) is 2.20. The third kappa shape index (κ3) is 3.75. The molecule has 0 radical (unpaired) electrons. The summed E-state index contributed by atoms with van der Waals surface area (Å²) in [5, 5.41) is 10.6. The Bertz CT molecular complexity index is 595. The van der Waals surface area contributed by atoms with Gasteiger partial charge in [0.2, 0.25) is 5.91 Å². The molecule has 1 amide bonds. The molecule has 0 aliphatic rings. The first-order valence-corrected chi connectivity index (χ1v) is 6.79. The Hall–Kier alpha value is -1.95. The van der Waals surface area contributed by atoms with Crippen molar-refractivity contribution in [3.63, 3.8) is 0 Å². The molecule has 0 aliphatic heterocycles. The number of hydrogen-bond acceptors (Lipinski definition) is 5. The zero-order chi connectivity index (χ0) is 13.7. The first kappa shape index (κ1) is 13.5. The molecule has 1 aromatic carbocycles. The van der Waals surface area contributed by atoms with Gasteiger partial charge in [0.05, 0.1) is 23.0 Å². The topological polar surface area (TPSA) is 75.1 Å². The number of hydrogen-bond donors (Lipinski definition) is 2. The second-order valence-electron chi connectivity index (χ2n) is 4.01. The number of benzene rings is 1. The lowest BCUT2D eigenvalue weighted by Crippen LogP contribution is -2.22. The number of ether oxygens (including phenoxy) is 1. The lowest BCUT2D eigenvalue weighted by Gasteiger charge is -2.06. The molecule has 0 fully saturated rings. The highest BCUT2D eigenvalue weighted by Crippen LogP contribution is 2.25. The van der Waals surface area contributed by atoms with Crippen molar-refractivity contribution >= 4 is 33.7 Å². The van der Waals surface area contributed by atoms with E-state index in [1.165, 1.54) is 24.5 Å². The van der Waals surface area contributed by atoms with Gasteiger partial charge in [0.1, 0.15) is 10.8 Å². The standard InChI is InChI=1S/C13H15N3O2S/c1-9(17)15-5-2-6-18-10-3-4-11-12(7-10)19-13(8-14)16-11/h3-4,7-8,14H,2,5-6H2,1H3,(H,15,17). The molecule has 0 saturated carbocycles. The molecule has 5 nitrogen and oxygen atoms in total. The Morgan fingerprint density at radius 1 is 1.58 bits per heavy atom. The monoisotopic (exact) mass is 277 g/mol. The molecule has 0 atom stereocenters. The largest absolute Gasteiger partial charge is 0.493 e. The summed E-state index contributed by atoms with van der Waals surface area (Å²) in [5.41, 5.74) is 0.883. The maximum absolute atomic E-state index is 10.7. The normalized spacial score (nSPS) is 10.4. The fraction of sp³-hybridized carbons (Fsp3) is 0.308. The first-order valence-electron chi connectivity index (χ1n) is 5.97. The number of amides is 1. The lowest BCUT2D eigenvalue weighted by atomic mass is 10.3. The van der Waals surface area contributed by atoms with Crippen LogP contribution in [0, 0.1) is 5.41 Å². The summed E-state index contributed by atoms with van der Waals surface area (Å²) < 4.78 is 6.62. The van der Waals surface area contributed by atoms with Gasteiger partial charge in [-0.3, -0.25) is 4.79 Å². The van der Waals surface area contributed by atoms with E-state index in [0.717, 1.165) is 22.4 Å². The van der Waals surface area contributed by atoms with E-state index >= 15 is 0 Å². The van der Waals surface area contributed by atoms with Gasteiger partial charge in [-0.1, -0.05) is 0 Å². The lowest BCUT2D eigenvalue weighted by molar-refractivity contribution is -0.118. The van der Waals surface area contributed by atoms with Crippen LogP contribution in [-0.2, 0) is 4.79 Å². The van der Waals surface area contributed by atoms with Crippen molar-refractivity contribution in [3.05, 3.63) is 23.2 Å². The van der Waals surface area contributed by atoms with Gasteiger partial charge in [-0.25, -0.2) is 4.98 Å². The number of fused-ring (bicyclic) bond motifs is 1. The number of carbonyl (C=O) groups is 1. The Kier molecular flexibility index (Phi) is 4.46. The van der Waals surface area contributed by atoms with Crippen LogP contribution in [0.15, 0.2) is 18.2 Å². The zero-order valence-electron chi connectivity index (χ0n) is 10.6. The van der Waals surface area contributed by atoms with Gasteiger partial charge in [-0.2, -0.15) is 0 Å². The molecule has 2 N–H and O–H groups in total. The highest BCUT2D eigenvalue weighted by atomic mass is 32.1. The van der Waals surface area contributed by atoms with Crippen LogP contribution in [0.2, 0.25) is 0 Å². The molecular weight excluding hydrogens is 262 g/mol. The van der Waals surface area contributed by atoms with E-state index in [4.69, 9.17) is 10.1 Å². The molecule has 100 valence electrons. The van der Waals surface area contributed by atoms with Gasteiger partial charge in [0, 0.05) is 13.5 Å². The molecule has 0 unspecified atom stereocenters. The molecule has 1 heterocycles. The van der Waals surface area contributed by atoms with E-state index in [9.17, 15) is 4.79 Å². The molecule has 0 aliphatic carbocycles. The van der Waals surface area contributed by atoms with Crippen molar-refractivity contribution in [1.82, 2.24) is 10.3 Å². The number of nitrogens with zero attached hydrogens (tertiary/aromatic N) is 1. The number of carbonyl (C=O) groups excluding carboxylic acids is 1. The molecule has 0 bridgehead atoms. The molecule has 2 rings (SSSR count). The Balaban J connectivity index is 1.90. The molecule has 2 aromatic rings. The van der Waals surface area contributed by atoms with Gasteiger partial charge in [0.15, 0.2) is 0 Å². The van der Waals surface area contributed by atoms with Gasteiger partial charge in [0.25, 0.3) is 0 Å². The SMILES string of the molecule is CC(=O)NCCCOc1ccc2nc(C=N)sc2c1. The zero-order valence-corrected chi connectivity index (χ0v) is 11.4. The van der Waals surface area contributed by atoms with Crippen LogP contribution in [0.3, 0.4) is 0 Å². The van der Waals surface area contributed by atoms with E-state index in [1.54, 1.807) is 0 Å². The van der Waals surface area contributed by atoms with Crippen molar-refractivity contribution in [2.75, 3.05) is 13.2 Å². The van der Waals surface area contributed by atoms with E-state index in [0.29, 0.717) is 18.2 Å². The maximum Gasteiger partial charge on any atom is 0.216 e. The summed E-state index contributed by atoms with van der Waals surface area (Å²) in [6.07, 6.45) is 2.02. The molecule has 0 spiro atoms. The van der Waals surface area contributed by atoms with E-state index in [1.807, 2.05) is 18.2 Å². The fourth-order valence-electron chi connectivity index (χ4n) is 1.60. The van der Waals surface area contributed by atoms with Gasteiger partial charge < -0.3 is 15.5 Å². The number of thiazole rings is 1. The molecular formula is C13H15N3O2S. The van der Waals surface area contributed by atoms with Crippen LogP contribution in [0.5, 0.6) is 5.75 Å². The summed E-state index contributed by atoms with van der Waals surface area (Å²) in [6.45, 7) is 2.68. The van der Waals surface area contributed by atoms with Crippen LogP contribution in [0.4, 0.5) is 0 Å². The van der Waals surface area contributed by atoms with E-state index in [-0.39, 0.29) is 5.91 Å². The van der Waals surface area contributed by atoms with Gasteiger partial charge in [-0.15, -0.1) is 11.3 Å². The van der Waals surface area contributed by atoms with Gasteiger partial charge in [-0.05, 0) is 24.6 Å². The average molecular weight is 277 g/mol. The number of aromatic nitrogens is 1. The van der Waals surface area contributed by atoms with Crippen LogP contribution < -0.4 is 10.1 Å². The van der Waals surface area contributed by atoms with Crippen molar-refractivity contribution in [2.45, 2.75) is 13.3 Å². The maximum atomic E-state index is 10.7. The van der Waals surface area contributed by atoms with Crippen molar-refractivity contribution in [2.24, 2.45) is 0 Å². The average Bonchev–Trinajstić information content (AvgIpc) is 2.80. The third-order valence-corrected chi connectivity index (χ3v) is 3.43. The fourth-order valence-corrected chi connectivity index (χ4v) is 2.42. The van der Waals surface area contributed by atoms with Crippen molar-refractivity contribution in [3.8, 4) is 5.75 Å². The minimum absolute atomic E-state index is 0.0229. The smallest absolute Gasteiger partial charge is 0.216 e. The minimum Gasteiger partial charge on any atom is -0.493 e. The summed E-state index contributed by atoms with van der Waals surface area (Å²) in [5.74, 6) is 0.765. The Morgan fingerprint density at radius 2 is 2.42 bits per heavy atom. The van der Waals surface area contributed by atoms with E-state index in [2.05, 4.69) is 10.3 Å². The van der Waals surface area contributed by atoms with Crippen molar-refractivity contribution in [1.29, 1.82) is 5.41 Å². The summed E-state index contributed by atoms with van der Waals surface area (Å²) in [6, 6.07) is 5.69. The highest BCUT2D eigenvalue weighted by molar-refractivity contribution is 7.20. The minimum atomic E-state index is -0.0229. The molecule has 1 aromatic heterocycles. The summed E-state index contributed by atoms with van der Waals surface area (Å²) in [7, 11) is 0. The quantitative estimate of drug-likeness (QED) is 0.628. The Labute approximate surface area is 115 Å². The number of rotatable bonds is 6. The summed E-state index contributed by atoms with van der Waals surface area (Å²) >= 11 is 1.47. The van der Waals surface area contributed by atoms with Gasteiger partial charge >= 0.3 is 0 Å².